The molecule has 5 rings (SSSR count). The molecule has 2 aliphatic rings. The van der Waals surface area contributed by atoms with Gasteiger partial charge in [0.25, 0.3) is 5.91 Å². The van der Waals surface area contributed by atoms with Gasteiger partial charge in [0, 0.05) is 18.4 Å². The molecule has 1 fully saturated rings. The van der Waals surface area contributed by atoms with Crippen LogP contribution < -0.4 is 9.80 Å². The van der Waals surface area contributed by atoms with Crippen molar-refractivity contribution in [3.8, 4) is 11.8 Å². The van der Waals surface area contributed by atoms with Gasteiger partial charge >= 0.3 is 0 Å². The van der Waals surface area contributed by atoms with Crippen LogP contribution in [0.25, 0.3) is 5.69 Å². The third-order valence-corrected chi connectivity index (χ3v) is 5.33. The van der Waals surface area contributed by atoms with E-state index in [0.717, 1.165) is 17.2 Å². The maximum absolute atomic E-state index is 13.4. The number of alkyl halides is 1. The number of carbonyl (C=O) groups excluding carboxylic acids is 1. The molecule has 2 aliphatic heterocycles. The molecule has 7 nitrogen and oxygen atoms in total. The minimum absolute atomic E-state index is 0.119. The molecule has 0 spiro atoms. The van der Waals surface area contributed by atoms with Crippen LogP contribution in [0, 0.1) is 11.3 Å². The number of aromatic nitrogens is 3. The molecule has 4 heterocycles. The standard InChI is InChI=1S/C21H17FN6O/c22-15-7-8-26(11-15)20-6-5-17(10-24-20)28-12-18-19(25-28)13-27(21(18)29)16-3-1-14(9-23)2-4-16/h1-6,10,12,15H,7-8,11,13H2/t15-/m1/s1. The fourth-order valence-corrected chi connectivity index (χ4v) is 3.76. The number of nitrogens with zero attached hydrogens (tertiary/aromatic N) is 6. The van der Waals surface area contributed by atoms with E-state index in [1.54, 1.807) is 46.2 Å². The van der Waals surface area contributed by atoms with Gasteiger partial charge in [0.15, 0.2) is 0 Å². The first-order valence-corrected chi connectivity index (χ1v) is 9.38. The number of carbonyl (C=O) groups is 1. The maximum Gasteiger partial charge on any atom is 0.262 e. The second-order valence-electron chi connectivity index (χ2n) is 7.19. The van der Waals surface area contributed by atoms with E-state index in [4.69, 9.17) is 5.26 Å². The van der Waals surface area contributed by atoms with E-state index in [9.17, 15) is 9.18 Å². The Morgan fingerprint density at radius 3 is 2.55 bits per heavy atom. The summed E-state index contributed by atoms with van der Waals surface area (Å²) in [5.74, 6) is 0.628. The van der Waals surface area contributed by atoms with Gasteiger partial charge in [-0.05, 0) is 42.8 Å². The molecule has 3 aromatic rings. The molecule has 0 unspecified atom stereocenters. The van der Waals surface area contributed by atoms with E-state index in [2.05, 4.69) is 16.2 Å². The summed E-state index contributed by atoms with van der Waals surface area (Å²) in [4.78, 5) is 20.8. The second kappa shape index (κ2) is 6.71. The Morgan fingerprint density at radius 1 is 1.14 bits per heavy atom. The Balaban J connectivity index is 1.35. The second-order valence-corrected chi connectivity index (χ2v) is 7.19. The SMILES string of the molecule is N#Cc1ccc(N2Cc3nn(-c4ccc(N5CC[C@@H](F)C5)nc4)cc3C2=O)cc1. The molecule has 2 aromatic heterocycles. The van der Waals surface area contributed by atoms with Crippen molar-refractivity contribution >= 4 is 17.4 Å². The van der Waals surface area contributed by atoms with Crippen molar-refractivity contribution in [3.63, 3.8) is 0 Å². The Kier molecular flexibility index (Phi) is 4.02. The number of benzene rings is 1. The molecule has 29 heavy (non-hydrogen) atoms. The van der Waals surface area contributed by atoms with Gasteiger partial charge < -0.3 is 9.80 Å². The van der Waals surface area contributed by atoms with E-state index in [-0.39, 0.29) is 5.91 Å². The van der Waals surface area contributed by atoms with Crippen LogP contribution in [0.3, 0.4) is 0 Å². The van der Waals surface area contributed by atoms with Gasteiger partial charge in [-0.15, -0.1) is 0 Å². The summed E-state index contributed by atoms with van der Waals surface area (Å²) in [6, 6.07) is 12.7. The van der Waals surface area contributed by atoms with Crippen molar-refractivity contribution in [2.75, 3.05) is 22.9 Å². The molecular formula is C21H17FN6O. The quantitative estimate of drug-likeness (QED) is 0.689. The Labute approximate surface area is 166 Å². The van der Waals surface area contributed by atoms with Crippen molar-refractivity contribution < 1.29 is 9.18 Å². The van der Waals surface area contributed by atoms with Crippen LogP contribution in [0.4, 0.5) is 15.9 Å². The lowest BCUT2D eigenvalue weighted by atomic mass is 10.2. The molecule has 1 aromatic carbocycles. The Bertz CT molecular complexity index is 1120. The third-order valence-electron chi connectivity index (χ3n) is 5.33. The fraction of sp³-hybridized carbons (Fsp3) is 0.238. The molecule has 1 amide bonds. The van der Waals surface area contributed by atoms with Crippen LogP contribution in [0.15, 0.2) is 48.8 Å². The van der Waals surface area contributed by atoms with Crippen LogP contribution in [-0.2, 0) is 6.54 Å². The van der Waals surface area contributed by atoms with E-state index in [1.165, 1.54) is 0 Å². The van der Waals surface area contributed by atoms with Crippen molar-refractivity contribution in [1.29, 1.82) is 5.26 Å². The maximum atomic E-state index is 13.4. The fourth-order valence-electron chi connectivity index (χ4n) is 3.76. The minimum Gasteiger partial charge on any atom is -0.354 e. The molecule has 1 saturated heterocycles. The third kappa shape index (κ3) is 3.01. The zero-order valence-corrected chi connectivity index (χ0v) is 15.5. The molecule has 1 atom stereocenters. The van der Waals surface area contributed by atoms with Crippen LogP contribution in [0.1, 0.15) is 28.0 Å². The van der Waals surface area contributed by atoms with Crippen LogP contribution in [0.2, 0.25) is 0 Å². The van der Waals surface area contributed by atoms with Crippen LogP contribution in [-0.4, -0.2) is 39.9 Å². The zero-order chi connectivity index (χ0) is 20.0. The van der Waals surface area contributed by atoms with E-state index < -0.39 is 6.17 Å². The summed E-state index contributed by atoms with van der Waals surface area (Å²) >= 11 is 0. The summed E-state index contributed by atoms with van der Waals surface area (Å²) in [5, 5.41) is 13.5. The van der Waals surface area contributed by atoms with Gasteiger partial charge in [0.2, 0.25) is 0 Å². The minimum atomic E-state index is -0.796. The molecule has 0 bridgehead atoms. The van der Waals surface area contributed by atoms with Crippen molar-refractivity contribution in [2.24, 2.45) is 0 Å². The normalized spacial score (nSPS) is 18.2. The first-order chi connectivity index (χ1) is 14.1. The molecule has 0 aliphatic carbocycles. The van der Waals surface area contributed by atoms with Gasteiger partial charge in [0.05, 0.1) is 47.9 Å². The average molecular weight is 388 g/mol. The molecular weight excluding hydrogens is 371 g/mol. The Hall–Kier alpha value is -3.73. The monoisotopic (exact) mass is 388 g/mol. The highest BCUT2D eigenvalue weighted by Crippen LogP contribution is 2.29. The van der Waals surface area contributed by atoms with Gasteiger partial charge in [-0.25, -0.2) is 14.1 Å². The summed E-state index contributed by atoms with van der Waals surface area (Å²) < 4.78 is 15.0. The lowest BCUT2D eigenvalue weighted by Gasteiger charge is -2.17. The highest BCUT2D eigenvalue weighted by atomic mass is 19.1. The number of rotatable bonds is 3. The van der Waals surface area contributed by atoms with Gasteiger partial charge in [-0.1, -0.05) is 0 Å². The topological polar surface area (TPSA) is 78.1 Å². The molecule has 144 valence electrons. The van der Waals surface area contributed by atoms with Crippen molar-refractivity contribution in [2.45, 2.75) is 19.1 Å². The lowest BCUT2D eigenvalue weighted by molar-refractivity contribution is 0.0996. The number of hydrogen-bond donors (Lipinski definition) is 0. The number of halogens is 1. The average Bonchev–Trinajstić information content (AvgIpc) is 3.45. The molecule has 0 saturated carbocycles. The van der Waals surface area contributed by atoms with Crippen LogP contribution >= 0.6 is 0 Å². The van der Waals surface area contributed by atoms with Crippen LogP contribution in [0.5, 0.6) is 0 Å². The number of nitriles is 1. The smallest absolute Gasteiger partial charge is 0.262 e. The first kappa shape index (κ1) is 17.4. The number of fused-ring (bicyclic) bond motifs is 1. The summed E-state index contributed by atoms with van der Waals surface area (Å²) in [6.45, 7) is 1.43. The number of anilines is 2. The highest BCUT2D eigenvalue weighted by Gasteiger charge is 2.32. The Morgan fingerprint density at radius 2 is 1.93 bits per heavy atom. The van der Waals surface area contributed by atoms with Gasteiger partial charge in [-0.3, -0.25) is 4.79 Å². The summed E-state index contributed by atoms with van der Waals surface area (Å²) in [7, 11) is 0. The number of pyridine rings is 1. The summed E-state index contributed by atoms with van der Waals surface area (Å²) in [5.41, 5.74) is 3.29. The number of amides is 1. The van der Waals surface area contributed by atoms with Gasteiger partial charge in [0.1, 0.15) is 12.0 Å². The van der Waals surface area contributed by atoms with Crippen molar-refractivity contribution in [3.05, 3.63) is 65.6 Å². The molecule has 0 N–H and O–H groups in total. The predicted molar refractivity (Wildman–Crippen MR) is 105 cm³/mol. The predicted octanol–water partition coefficient (Wildman–Crippen LogP) is 2.85. The first-order valence-electron chi connectivity index (χ1n) is 9.38. The molecule has 8 heteroatoms. The van der Waals surface area contributed by atoms with E-state index in [0.29, 0.717) is 42.9 Å². The largest absolute Gasteiger partial charge is 0.354 e. The highest BCUT2D eigenvalue weighted by molar-refractivity contribution is 6.09. The van der Waals surface area contributed by atoms with Crippen molar-refractivity contribution in [1.82, 2.24) is 14.8 Å². The van der Waals surface area contributed by atoms with E-state index >= 15 is 0 Å². The summed E-state index contributed by atoms with van der Waals surface area (Å²) in [6.07, 6.45) is 3.14. The van der Waals surface area contributed by atoms with Gasteiger partial charge in [-0.2, -0.15) is 10.4 Å². The lowest BCUT2D eigenvalue weighted by Crippen LogP contribution is -2.23. The number of hydrogen-bond acceptors (Lipinski definition) is 5. The van der Waals surface area contributed by atoms with E-state index in [1.807, 2.05) is 17.0 Å². The molecule has 0 radical (unpaired) electrons. The zero-order valence-electron chi connectivity index (χ0n) is 15.5.